The van der Waals surface area contributed by atoms with Crippen LogP contribution in [0, 0.1) is 5.82 Å². The molecule has 4 rings (SSSR count). The SMILES string of the molecule is O=C(NCCSCc1ccccc1F)c1ccc([C@H]2SCC(=O)N2Cc2ccco2)cc1. The number of nitrogens with zero attached hydrogens (tertiary/aromatic N) is 1. The van der Waals surface area contributed by atoms with Crippen LogP contribution in [-0.2, 0) is 17.1 Å². The van der Waals surface area contributed by atoms with Crippen LogP contribution in [0.1, 0.15) is 32.6 Å². The van der Waals surface area contributed by atoms with Gasteiger partial charge in [0.2, 0.25) is 5.91 Å². The van der Waals surface area contributed by atoms with E-state index in [1.165, 1.54) is 6.07 Å². The standard InChI is InChI=1S/C24H23FN2O3S2/c25-21-6-2-1-4-19(21)15-31-13-11-26-23(29)17-7-9-18(10-8-17)24-27(22(28)16-32-24)14-20-5-3-12-30-20/h1-10,12,24H,11,13-16H2,(H,26,29)/t24-/m1/s1. The minimum absolute atomic E-state index is 0.0751. The Balaban J connectivity index is 1.27. The molecular weight excluding hydrogens is 447 g/mol. The Labute approximate surface area is 194 Å². The fraction of sp³-hybridized carbons (Fsp3) is 0.250. The van der Waals surface area contributed by atoms with Crippen LogP contribution in [0.3, 0.4) is 0 Å². The zero-order chi connectivity index (χ0) is 22.3. The van der Waals surface area contributed by atoms with Gasteiger partial charge in [0.15, 0.2) is 0 Å². The average molecular weight is 471 g/mol. The molecule has 8 heteroatoms. The quantitative estimate of drug-likeness (QED) is 0.453. The van der Waals surface area contributed by atoms with Crippen LogP contribution in [0.4, 0.5) is 4.39 Å². The van der Waals surface area contributed by atoms with Gasteiger partial charge in [0.05, 0.1) is 18.6 Å². The molecule has 0 saturated carbocycles. The molecule has 1 fully saturated rings. The van der Waals surface area contributed by atoms with Crippen molar-refractivity contribution in [2.24, 2.45) is 0 Å². The Bertz CT molecular complexity index is 1060. The molecule has 0 bridgehead atoms. The van der Waals surface area contributed by atoms with E-state index in [0.29, 0.717) is 41.5 Å². The van der Waals surface area contributed by atoms with Gasteiger partial charge >= 0.3 is 0 Å². The first-order valence-electron chi connectivity index (χ1n) is 10.2. The summed E-state index contributed by atoms with van der Waals surface area (Å²) in [6, 6.07) is 17.7. The first-order chi connectivity index (χ1) is 15.6. The lowest BCUT2D eigenvalue weighted by molar-refractivity contribution is -0.128. The van der Waals surface area contributed by atoms with Gasteiger partial charge in [-0.05, 0) is 41.5 Å². The van der Waals surface area contributed by atoms with Gasteiger partial charge in [-0.3, -0.25) is 9.59 Å². The number of halogens is 1. The molecule has 0 spiro atoms. The largest absolute Gasteiger partial charge is 0.467 e. The van der Waals surface area contributed by atoms with E-state index in [1.54, 1.807) is 59.0 Å². The third-order valence-corrected chi connectivity index (χ3v) is 7.34. The maximum Gasteiger partial charge on any atom is 0.251 e. The molecule has 0 aliphatic carbocycles. The van der Waals surface area contributed by atoms with E-state index in [0.717, 1.165) is 11.3 Å². The van der Waals surface area contributed by atoms with E-state index in [1.807, 2.05) is 30.3 Å². The normalized spacial score (nSPS) is 15.8. The van der Waals surface area contributed by atoms with Crippen molar-refractivity contribution in [2.75, 3.05) is 18.1 Å². The molecular formula is C24H23FN2O3S2. The van der Waals surface area contributed by atoms with Crippen molar-refractivity contribution in [1.82, 2.24) is 10.2 Å². The number of carbonyl (C=O) groups is 2. The number of rotatable bonds is 9. The Morgan fingerprint density at radius 2 is 1.97 bits per heavy atom. The number of carbonyl (C=O) groups excluding carboxylic acids is 2. The van der Waals surface area contributed by atoms with Gasteiger partial charge < -0.3 is 14.6 Å². The second kappa shape index (κ2) is 10.7. The Hall–Kier alpha value is -2.71. The number of hydrogen-bond acceptors (Lipinski definition) is 5. The van der Waals surface area contributed by atoms with Gasteiger partial charge in [0.1, 0.15) is 17.0 Å². The van der Waals surface area contributed by atoms with Crippen molar-refractivity contribution < 1.29 is 18.4 Å². The predicted octanol–water partition coefficient (Wildman–Crippen LogP) is 4.86. The summed E-state index contributed by atoms with van der Waals surface area (Å²) in [5.41, 5.74) is 2.22. The smallest absolute Gasteiger partial charge is 0.251 e. The van der Waals surface area contributed by atoms with Crippen LogP contribution in [0.2, 0.25) is 0 Å². The summed E-state index contributed by atoms with van der Waals surface area (Å²) in [5, 5.41) is 2.80. The van der Waals surface area contributed by atoms with Crippen LogP contribution < -0.4 is 5.32 Å². The summed E-state index contributed by atoms with van der Waals surface area (Å²) in [7, 11) is 0. The predicted molar refractivity (Wildman–Crippen MR) is 126 cm³/mol. The van der Waals surface area contributed by atoms with E-state index in [-0.39, 0.29) is 23.0 Å². The monoisotopic (exact) mass is 470 g/mol. The fourth-order valence-corrected chi connectivity index (χ4v) is 5.44. The maximum atomic E-state index is 13.6. The second-order valence-electron chi connectivity index (χ2n) is 7.29. The summed E-state index contributed by atoms with van der Waals surface area (Å²) in [4.78, 5) is 26.5. The first kappa shape index (κ1) is 22.5. The molecule has 1 N–H and O–H groups in total. The molecule has 3 aromatic rings. The van der Waals surface area contributed by atoms with Crippen LogP contribution in [-0.4, -0.2) is 34.8 Å². The van der Waals surface area contributed by atoms with Crippen LogP contribution >= 0.6 is 23.5 Å². The molecule has 1 aliphatic heterocycles. The van der Waals surface area contributed by atoms with E-state index < -0.39 is 0 Å². The molecule has 166 valence electrons. The minimum Gasteiger partial charge on any atom is -0.467 e. The molecule has 1 atom stereocenters. The van der Waals surface area contributed by atoms with Crippen molar-refractivity contribution in [3.05, 3.63) is 95.2 Å². The summed E-state index contributed by atoms with van der Waals surface area (Å²) in [5.74, 6) is 2.17. The highest BCUT2D eigenvalue weighted by Crippen LogP contribution is 2.39. The molecule has 2 heterocycles. The van der Waals surface area contributed by atoms with Crippen molar-refractivity contribution in [3.63, 3.8) is 0 Å². The van der Waals surface area contributed by atoms with Crippen LogP contribution in [0.15, 0.2) is 71.3 Å². The first-order valence-corrected chi connectivity index (χ1v) is 12.4. The Morgan fingerprint density at radius 1 is 1.16 bits per heavy atom. The number of thioether (sulfide) groups is 2. The van der Waals surface area contributed by atoms with Crippen LogP contribution in [0.5, 0.6) is 0 Å². The van der Waals surface area contributed by atoms with Gasteiger partial charge in [-0.2, -0.15) is 11.8 Å². The third-order valence-electron chi connectivity index (χ3n) is 5.08. The fourth-order valence-electron chi connectivity index (χ4n) is 3.41. The highest BCUT2D eigenvalue weighted by molar-refractivity contribution is 8.00. The average Bonchev–Trinajstić information content (AvgIpc) is 3.45. The van der Waals surface area contributed by atoms with E-state index in [9.17, 15) is 14.0 Å². The summed E-state index contributed by atoms with van der Waals surface area (Å²) in [6.07, 6.45) is 1.60. The summed E-state index contributed by atoms with van der Waals surface area (Å²) < 4.78 is 19.0. The molecule has 2 aromatic carbocycles. The van der Waals surface area contributed by atoms with Crippen molar-refractivity contribution in [2.45, 2.75) is 17.7 Å². The highest BCUT2D eigenvalue weighted by atomic mass is 32.2. The molecule has 1 aromatic heterocycles. The van der Waals surface area contributed by atoms with Gasteiger partial charge in [0.25, 0.3) is 5.91 Å². The molecule has 32 heavy (non-hydrogen) atoms. The molecule has 2 amide bonds. The van der Waals surface area contributed by atoms with Gasteiger partial charge in [0, 0.05) is 23.6 Å². The van der Waals surface area contributed by atoms with Crippen molar-refractivity contribution in [1.29, 1.82) is 0 Å². The third kappa shape index (κ3) is 5.55. The van der Waals surface area contributed by atoms with Gasteiger partial charge in [-0.25, -0.2) is 4.39 Å². The Kier molecular flexibility index (Phi) is 7.55. The highest BCUT2D eigenvalue weighted by Gasteiger charge is 2.33. The lowest BCUT2D eigenvalue weighted by Crippen LogP contribution is -2.28. The lowest BCUT2D eigenvalue weighted by Gasteiger charge is -2.23. The number of amides is 2. The maximum absolute atomic E-state index is 13.6. The topological polar surface area (TPSA) is 62.6 Å². The van der Waals surface area contributed by atoms with E-state index in [4.69, 9.17) is 4.42 Å². The zero-order valence-corrected chi connectivity index (χ0v) is 19.0. The number of benzene rings is 2. The minimum atomic E-state index is -0.200. The molecule has 1 aliphatic rings. The van der Waals surface area contributed by atoms with Crippen LogP contribution in [0.25, 0.3) is 0 Å². The molecule has 0 radical (unpaired) electrons. The van der Waals surface area contributed by atoms with Crippen molar-refractivity contribution in [3.8, 4) is 0 Å². The number of furan rings is 1. The molecule has 5 nitrogen and oxygen atoms in total. The molecule has 0 unspecified atom stereocenters. The second-order valence-corrected chi connectivity index (χ2v) is 9.46. The lowest BCUT2D eigenvalue weighted by atomic mass is 10.1. The van der Waals surface area contributed by atoms with Gasteiger partial charge in [-0.1, -0.05) is 30.3 Å². The zero-order valence-electron chi connectivity index (χ0n) is 17.3. The van der Waals surface area contributed by atoms with Crippen molar-refractivity contribution >= 4 is 35.3 Å². The van der Waals surface area contributed by atoms with E-state index in [2.05, 4.69) is 5.32 Å². The summed E-state index contributed by atoms with van der Waals surface area (Å²) >= 11 is 3.15. The van der Waals surface area contributed by atoms with Gasteiger partial charge in [-0.15, -0.1) is 11.8 Å². The summed E-state index contributed by atoms with van der Waals surface area (Å²) in [6.45, 7) is 0.930. The molecule has 1 saturated heterocycles. The Morgan fingerprint density at radius 3 is 2.72 bits per heavy atom. The number of hydrogen-bond donors (Lipinski definition) is 1. The number of nitrogens with one attached hydrogen (secondary N) is 1. The van der Waals surface area contributed by atoms with E-state index >= 15 is 0 Å².